The Morgan fingerprint density at radius 3 is 2.93 bits per heavy atom. The molecular weight excluding hydrogens is 176 g/mol. The average Bonchev–Trinajstić information content (AvgIpc) is 2.69. The first-order valence-electron chi connectivity index (χ1n) is 4.85. The van der Waals surface area contributed by atoms with Gasteiger partial charge in [-0.3, -0.25) is 0 Å². The van der Waals surface area contributed by atoms with Crippen LogP contribution >= 0.6 is 0 Å². The van der Waals surface area contributed by atoms with Crippen LogP contribution in [-0.4, -0.2) is 11.7 Å². The average molecular weight is 190 g/mol. The van der Waals surface area contributed by atoms with E-state index in [2.05, 4.69) is 0 Å². The number of aliphatic hydroxyl groups is 1. The van der Waals surface area contributed by atoms with Gasteiger partial charge in [0.15, 0.2) is 0 Å². The van der Waals surface area contributed by atoms with Crippen LogP contribution in [0.1, 0.15) is 23.7 Å². The molecule has 0 fully saturated rings. The molecule has 1 heterocycles. The van der Waals surface area contributed by atoms with E-state index < -0.39 is 6.10 Å². The van der Waals surface area contributed by atoms with Crippen LogP contribution < -0.4 is 0 Å². The van der Waals surface area contributed by atoms with Gasteiger partial charge in [0.1, 0.15) is 11.9 Å². The second kappa shape index (κ2) is 3.84. The van der Waals surface area contributed by atoms with E-state index in [-0.39, 0.29) is 0 Å². The zero-order chi connectivity index (χ0) is 9.97. The molecule has 2 rings (SSSR count). The number of rotatable bonds is 2. The fraction of sp³-hybridized carbons (Fsp3) is 0.333. The summed E-state index contributed by atoms with van der Waals surface area (Å²) < 4.78 is 5.32. The summed E-state index contributed by atoms with van der Waals surface area (Å²) in [5.74, 6) is 0.690. The Balaban J connectivity index is 2.22. The lowest BCUT2D eigenvalue weighted by molar-refractivity contribution is 0.119. The van der Waals surface area contributed by atoms with E-state index in [1.165, 1.54) is 0 Å². The van der Waals surface area contributed by atoms with Gasteiger partial charge in [0, 0.05) is 6.42 Å². The van der Waals surface area contributed by atoms with Gasteiger partial charge in [-0.05, 0) is 18.6 Å². The minimum Gasteiger partial charge on any atom is -0.495 e. The van der Waals surface area contributed by atoms with Crippen molar-refractivity contribution in [3.63, 3.8) is 0 Å². The summed E-state index contributed by atoms with van der Waals surface area (Å²) in [6.07, 6.45) is 2.25. The maximum atomic E-state index is 9.95. The van der Waals surface area contributed by atoms with E-state index in [0.717, 1.165) is 17.5 Å². The van der Waals surface area contributed by atoms with Gasteiger partial charge >= 0.3 is 0 Å². The highest BCUT2D eigenvalue weighted by atomic mass is 16.5. The van der Waals surface area contributed by atoms with Crippen molar-refractivity contribution in [1.82, 2.24) is 0 Å². The quantitative estimate of drug-likeness (QED) is 0.775. The first-order valence-corrected chi connectivity index (χ1v) is 4.85. The van der Waals surface area contributed by atoms with Crippen molar-refractivity contribution in [3.8, 4) is 0 Å². The maximum Gasteiger partial charge on any atom is 0.136 e. The molecule has 1 aliphatic rings. The molecule has 1 N–H and O–H groups in total. The third-order valence-corrected chi connectivity index (χ3v) is 2.36. The highest BCUT2D eigenvalue weighted by Crippen LogP contribution is 2.26. The van der Waals surface area contributed by atoms with Crippen LogP contribution in [-0.2, 0) is 4.74 Å². The van der Waals surface area contributed by atoms with Crippen LogP contribution in [0.5, 0.6) is 0 Å². The van der Waals surface area contributed by atoms with Crippen molar-refractivity contribution in [2.75, 3.05) is 6.61 Å². The minimum absolute atomic E-state index is 0.600. The van der Waals surface area contributed by atoms with Crippen molar-refractivity contribution in [2.45, 2.75) is 19.4 Å². The molecule has 1 atom stereocenters. The largest absolute Gasteiger partial charge is 0.495 e. The normalized spacial score (nSPS) is 17.4. The fourth-order valence-corrected chi connectivity index (χ4v) is 1.63. The molecule has 1 aliphatic heterocycles. The van der Waals surface area contributed by atoms with Gasteiger partial charge in [-0.25, -0.2) is 0 Å². The number of hydrogen-bond acceptors (Lipinski definition) is 2. The molecule has 1 unspecified atom stereocenters. The lowest BCUT2D eigenvalue weighted by Crippen LogP contribution is -2.02. The zero-order valence-electron chi connectivity index (χ0n) is 8.23. The first kappa shape index (κ1) is 9.28. The molecule has 14 heavy (non-hydrogen) atoms. The summed E-state index contributed by atoms with van der Waals surface area (Å²) in [6, 6.07) is 7.86. The second-order valence-electron chi connectivity index (χ2n) is 3.56. The van der Waals surface area contributed by atoms with Gasteiger partial charge < -0.3 is 9.84 Å². The molecule has 0 spiro atoms. The van der Waals surface area contributed by atoms with Gasteiger partial charge in [0.25, 0.3) is 0 Å². The van der Waals surface area contributed by atoms with Crippen LogP contribution in [0.25, 0.3) is 0 Å². The molecule has 74 valence electrons. The fourth-order valence-electron chi connectivity index (χ4n) is 1.63. The van der Waals surface area contributed by atoms with Crippen molar-refractivity contribution < 1.29 is 9.84 Å². The first-order chi connectivity index (χ1) is 6.77. The number of aliphatic hydroxyl groups excluding tert-OH is 1. The molecule has 2 nitrogen and oxygen atoms in total. The zero-order valence-corrected chi connectivity index (χ0v) is 8.23. The Hall–Kier alpha value is -1.28. The highest BCUT2D eigenvalue weighted by molar-refractivity contribution is 5.28. The van der Waals surface area contributed by atoms with E-state index in [1.54, 1.807) is 0 Å². The summed E-state index contributed by atoms with van der Waals surface area (Å²) in [5, 5.41) is 9.95. The lowest BCUT2D eigenvalue weighted by atomic mass is 10.1. The maximum absolute atomic E-state index is 9.95. The summed E-state index contributed by atoms with van der Waals surface area (Å²) >= 11 is 0. The third-order valence-electron chi connectivity index (χ3n) is 2.36. The van der Waals surface area contributed by atoms with E-state index >= 15 is 0 Å². The van der Waals surface area contributed by atoms with Crippen LogP contribution in [0, 0.1) is 6.92 Å². The van der Waals surface area contributed by atoms with Crippen LogP contribution in [0.2, 0.25) is 0 Å². The molecule has 0 aliphatic carbocycles. The summed E-state index contributed by atoms with van der Waals surface area (Å²) in [4.78, 5) is 0. The number of hydrogen-bond donors (Lipinski definition) is 1. The van der Waals surface area contributed by atoms with E-state index in [0.29, 0.717) is 12.4 Å². The van der Waals surface area contributed by atoms with E-state index in [4.69, 9.17) is 4.74 Å². The van der Waals surface area contributed by atoms with Crippen LogP contribution in [0.3, 0.4) is 0 Å². The van der Waals surface area contributed by atoms with Crippen molar-refractivity contribution in [2.24, 2.45) is 0 Å². The van der Waals surface area contributed by atoms with Crippen LogP contribution in [0.15, 0.2) is 36.1 Å². The van der Waals surface area contributed by atoms with Crippen molar-refractivity contribution in [1.29, 1.82) is 0 Å². The topological polar surface area (TPSA) is 29.5 Å². The van der Waals surface area contributed by atoms with E-state index in [9.17, 15) is 5.11 Å². The smallest absolute Gasteiger partial charge is 0.136 e. The molecule has 0 amide bonds. The third kappa shape index (κ3) is 1.80. The SMILES string of the molecule is Cc1cccc(C(O)C2=CCCO2)c1. The molecule has 1 aromatic rings. The Kier molecular flexibility index (Phi) is 2.55. The predicted molar refractivity (Wildman–Crippen MR) is 54.8 cm³/mol. The molecule has 0 bridgehead atoms. The molecule has 0 radical (unpaired) electrons. The van der Waals surface area contributed by atoms with Crippen molar-refractivity contribution in [3.05, 3.63) is 47.2 Å². The van der Waals surface area contributed by atoms with Gasteiger partial charge in [-0.2, -0.15) is 0 Å². The van der Waals surface area contributed by atoms with Crippen molar-refractivity contribution >= 4 is 0 Å². The predicted octanol–water partition coefficient (Wildman–Crippen LogP) is 2.33. The Labute approximate surface area is 83.8 Å². The van der Waals surface area contributed by atoms with Gasteiger partial charge in [0.2, 0.25) is 0 Å². The minimum atomic E-state index is -0.600. The van der Waals surface area contributed by atoms with Crippen LogP contribution in [0.4, 0.5) is 0 Å². The lowest BCUT2D eigenvalue weighted by Gasteiger charge is -2.12. The van der Waals surface area contributed by atoms with Gasteiger partial charge in [-0.15, -0.1) is 0 Å². The Morgan fingerprint density at radius 1 is 1.43 bits per heavy atom. The number of benzene rings is 1. The van der Waals surface area contributed by atoms with Gasteiger partial charge in [-0.1, -0.05) is 29.8 Å². The van der Waals surface area contributed by atoms with E-state index in [1.807, 2.05) is 37.3 Å². The van der Waals surface area contributed by atoms with Gasteiger partial charge in [0.05, 0.1) is 6.61 Å². The second-order valence-corrected chi connectivity index (χ2v) is 3.56. The molecule has 1 aromatic carbocycles. The highest BCUT2D eigenvalue weighted by Gasteiger charge is 2.17. The number of aryl methyl sites for hydroxylation is 1. The molecule has 0 saturated heterocycles. The summed E-state index contributed by atoms with van der Waals surface area (Å²) in [6.45, 7) is 2.71. The molecule has 0 saturated carbocycles. The Bertz CT molecular complexity index is 355. The standard InChI is InChI=1S/C12H14O2/c1-9-4-2-5-10(8-9)12(13)11-6-3-7-14-11/h2,4-6,8,12-13H,3,7H2,1H3. The molecule has 0 aromatic heterocycles. The Morgan fingerprint density at radius 2 is 2.29 bits per heavy atom. The number of ether oxygens (including phenoxy) is 1. The molecular formula is C12H14O2. The summed E-state index contributed by atoms with van der Waals surface area (Å²) in [7, 11) is 0. The summed E-state index contributed by atoms with van der Waals surface area (Å²) in [5.41, 5.74) is 2.05. The molecule has 2 heteroatoms. The monoisotopic (exact) mass is 190 g/mol.